The van der Waals surface area contributed by atoms with Crippen LogP contribution < -0.4 is 9.64 Å². The van der Waals surface area contributed by atoms with Crippen LogP contribution in [0.3, 0.4) is 0 Å². The highest BCUT2D eigenvalue weighted by atomic mass is 16.5. The zero-order valence-electron chi connectivity index (χ0n) is 18.1. The van der Waals surface area contributed by atoms with Crippen LogP contribution in [0.25, 0.3) is 16.8 Å². The number of aliphatic hydroxyl groups excluding tert-OH is 1. The molecule has 1 aromatic heterocycles. The van der Waals surface area contributed by atoms with Gasteiger partial charge in [-0.3, -0.25) is 14.5 Å². The molecule has 1 unspecified atom stereocenters. The number of H-pyrrole nitrogens is 1. The molecule has 7 heteroatoms. The summed E-state index contributed by atoms with van der Waals surface area (Å²) in [5.74, 6) is -0.907. The molecule has 1 atom stereocenters. The first-order valence-corrected chi connectivity index (χ1v) is 10.4. The van der Waals surface area contributed by atoms with E-state index in [9.17, 15) is 14.7 Å². The number of aromatic amines is 1. The van der Waals surface area contributed by atoms with Gasteiger partial charge in [0.1, 0.15) is 11.5 Å². The molecule has 1 aliphatic heterocycles. The first-order valence-electron chi connectivity index (χ1n) is 10.4. The van der Waals surface area contributed by atoms with Crippen molar-refractivity contribution in [1.29, 1.82) is 0 Å². The van der Waals surface area contributed by atoms with Crippen LogP contribution in [0, 0.1) is 6.92 Å². The third-order valence-electron chi connectivity index (χ3n) is 5.77. The predicted octanol–water partition coefficient (Wildman–Crippen LogP) is 4.51. The Labute approximate surface area is 190 Å². The Bertz CT molecular complexity index is 1390. The smallest absolute Gasteiger partial charge is 0.302 e. The van der Waals surface area contributed by atoms with Gasteiger partial charge in [0.2, 0.25) is 5.95 Å². The van der Waals surface area contributed by atoms with Gasteiger partial charge in [-0.05, 0) is 48.9 Å². The molecule has 1 aliphatic rings. The van der Waals surface area contributed by atoms with Crippen molar-refractivity contribution < 1.29 is 19.4 Å². The number of hydrogen-bond donors (Lipinski definition) is 2. The summed E-state index contributed by atoms with van der Waals surface area (Å²) in [6.07, 6.45) is 0. The van der Waals surface area contributed by atoms with Gasteiger partial charge in [0.05, 0.1) is 29.8 Å². The second-order valence-corrected chi connectivity index (χ2v) is 7.89. The van der Waals surface area contributed by atoms with Crippen LogP contribution in [0.15, 0.2) is 78.4 Å². The SMILES string of the molecule is COc1ccc(/C(O)=C2\C(=O)C(=O)N(c3nc4ccccc4[nH]3)C2c2cccc(C)c2)cc1. The molecule has 0 aliphatic carbocycles. The number of methoxy groups -OCH3 is 1. The molecule has 164 valence electrons. The number of aliphatic hydroxyl groups is 1. The number of amides is 1. The van der Waals surface area contributed by atoms with E-state index in [1.165, 1.54) is 4.90 Å². The molecule has 0 spiro atoms. The maximum Gasteiger partial charge on any atom is 0.302 e. The number of Topliss-reactive ketones (excluding diaryl/α,β-unsaturated/α-hetero) is 1. The lowest BCUT2D eigenvalue weighted by Crippen LogP contribution is -2.30. The lowest BCUT2D eigenvalue weighted by molar-refractivity contribution is -0.132. The number of rotatable bonds is 4. The lowest BCUT2D eigenvalue weighted by Gasteiger charge is -2.23. The number of nitrogens with zero attached hydrogens (tertiary/aromatic N) is 2. The van der Waals surface area contributed by atoms with E-state index < -0.39 is 17.7 Å². The number of aromatic nitrogens is 2. The maximum absolute atomic E-state index is 13.2. The average Bonchev–Trinajstić information content (AvgIpc) is 3.37. The molecule has 1 amide bonds. The van der Waals surface area contributed by atoms with Gasteiger partial charge in [-0.1, -0.05) is 42.0 Å². The molecular weight excluding hydrogens is 418 g/mol. The van der Waals surface area contributed by atoms with Crippen LogP contribution in [0.4, 0.5) is 5.95 Å². The topological polar surface area (TPSA) is 95.5 Å². The highest BCUT2D eigenvalue weighted by Gasteiger charge is 2.48. The normalized spacial score (nSPS) is 17.6. The first-order chi connectivity index (χ1) is 16.0. The quantitative estimate of drug-likeness (QED) is 0.277. The standard InChI is InChI=1S/C26H21N3O4/c1-15-6-5-7-17(14-15)22-21(23(30)16-10-12-18(33-2)13-11-16)24(31)25(32)29(22)26-27-19-8-3-4-9-20(19)28-26/h3-14,22,30H,1-2H3,(H,27,28)/b23-21+. The summed E-state index contributed by atoms with van der Waals surface area (Å²) < 4.78 is 5.18. The second-order valence-electron chi connectivity index (χ2n) is 7.89. The van der Waals surface area contributed by atoms with Crippen molar-refractivity contribution in [2.24, 2.45) is 0 Å². The molecule has 0 radical (unpaired) electrons. The van der Waals surface area contributed by atoms with Gasteiger partial charge in [-0.25, -0.2) is 4.98 Å². The summed E-state index contributed by atoms with van der Waals surface area (Å²) in [4.78, 5) is 35.5. The molecule has 4 aromatic rings. The number of hydrogen-bond acceptors (Lipinski definition) is 5. The van der Waals surface area contributed by atoms with Gasteiger partial charge in [0.15, 0.2) is 0 Å². The second kappa shape index (κ2) is 7.94. The Hall–Kier alpha value is -4.39. The highest BCUT2D eigenvalue weighted by Crippen LogP contribution is 2.42. The molecular formula is C26H21N3O4. The summed E-state index contributed by atoms with van der Waals surface area (Å²) in [5, 5.41) is 11.2. The highest BCUT2D eigenvalue weighted by molar-refractivity contribution is 6.51. The summed E-state index contributed by atoms with van der Waals surface area (Å²) in [6.45, 7) is 1.93. The van der Waals surface area contributed by atoms with Crippen molar-refractivity contribution >= 4 is 34.4 Å². The molecule has 3 aromatic carbocycles. The van der Waals surface area contributed by atoms with Crippen molar-refractivity contribution in [2.45, 2.75) is 13.0 Å². The number of carbonyl (C=O) groups is 2. The number of benzene rings is 3. The molecule has 0 bridgehead atoms. The summed E-state index contributed by atoms with van der Waals surface area (Å²) in [7, 11) is 1.55. The van der Waals surface area contributed by atoms with E-state index in [4.69, 9.17) is 4.74 Å². The number of ketones is 1. The summed E-state index contributed by atoms with van der Waals surface area (Å²) in [6, 6.07) is 20.7. The van der Waals surface area contributed by atoms with Crippen LogP contribution in [0.5, 0.6) is 5.75 Å². The average molecular weight is 439 g/mol. The summed E-state index contributed by atoms with van der Waals surface area (Å²) in [5.41, 5.74) is 3.50. The number of nitrogens with one attached hydrogen (secondary N) is 1. The van der Waals surface area contributed by atoms with Crippen LogP contribution in [0.1, 0.15) is 22.7 Å². The van der Waals surface area contributed by atoms with Crippen LogP contribution in [-0.4, -0.2) is 33.9 Å². The molecule has 1 fully saturated rings. The van der Waals surface area contributed by atoms with Crippen molar-refractivity contribution in [3.8, 4) is 5.75 Å². The third-order valence-corrected chi connectivity index (χ3v) is 5.77. The predicted molar refractivity (Wildman–Crippen MR) is 125 cm³/mol. The molecule has 7 nitrogen and oxygen atoms in total. The number of imidazole rings is 1. The van der Waals surface area contributed by atoms with Gasteiger partial charge in [-0.2, -0.15) is 0 Å². The third kappa shape index (κ3) is 3.43. The molecule has 1 saturated heterocycles. The molecule has 5 rings (SSSR count). The largest absolute Gasteiger partial charge is 0.507 e. The minimum absolute atomic E-state index is 0.0104. The van der Waals surface area contributed by atoms with Gasteiger partial charge in [0, 0.05) is 5.56 Å². The van der Waals surface area contributed by atoms with E-state index >= 15 is 0 Å². The van der Waals surface area contributed by atoms with Gasteiger partial charge in [-0.15, -0.1) is 0 Å². The van der Waals surface area contributed by atoms with E-state index in [2.05, 4.69) is 9.97 Å². The fourth-order valence-electron chi connectivity index (χ4n) is 4.16. The summed E-state index contributed by atoms with van der Waals surface area (Å²) >= 11 is 0. The molecule has 2 N–H and O–H groups in total. The van der Waals surface area contributed by atoms with Gasteiger partial charge in [0.25, 0.3) is 5.78 Å². The fraction of sp³-hybridized carbons (Fsp3) is 0.115. The van der Waals surface area contributed by atoms with E-state index in [0.29, 0.717) is 22.4 Å². The zero-order valence-corrected chi connectivity index (χ0v) is 18.1. The Morgan fingerprint density at radius 1 is 1.03 bits per heavy atom. The Kier molecular flexibility index (Phi) is 4.94. The lowest BCUT2D eigenvalue weighted by atomic mass is 9.94. The zero-order chi connectivity index (χ0) is 23.1. The van der Waals surface area contributed by atoms with E-state index in [0.717, 1.165) is 11.1 Å². The van der Waals surface area contributed by atoms with Gasteiger partial charge < -0.3 is 14.8 Å². The van der Waals surface area contributed by atoms with Crippen LogP contribution >= 0.6 is 0 Å². The minimum Gasteiger partial charge on any atom is -0.507 e. The van der Waals surface area contributed by atoms with Crippen molar-refractivity contribution in [3.63, 3.8) is 0 Å². The Morgan fingerprint density at radius 2 is 1.79 bits per heavy atom. The van der Waals surface area contributed by atoms with Crippen molar-refractivity contribution in [2.75, 3.05) is 12.0 Å². The minimum atomic E-state index is -0.840. The number of carbonyl (C=O) groups excluding carboxylic acids is 2. The fourth-order valence-corrected chi connectivity index (χ4v) is 4.16. The Morgan fingerprint density at radius 3 is 2.48 bits per heavy atom. The number of anilines is 1. The van der Waals surface area contributed by atoms with Crippen molar-refractivity contribution in [3.05, 3.63) is 95.1 Å². The number of fused-ring (bicyclic) bond motifs is 1. The van der Waals surface area contributed by atoms with E-state index in [1.54, 1.807) is 31.4 Å². The van der Waals surface area contributed by atoms with Gasteiger partial charge >= 0.3 is 5.91 Å². The van der Waals surface area contributed by atoms with Crippen molar-refractivity contribution in [1.82, 2.24) is 9.97 Å². The van der Waals surface area contributed by atoms with Crippen LogP contribution in [-0.2, 0) is 9.59 Å². The molecule has 2 heterocycles. The molecule has 33 heavy (non-hydrogen) atoms. The number of aryl methyl sites for hydroxylation is 1. The number of para-hydroxylation sites is 2. The van der Waals surface area contributed by atoms with E-state index in [-0.39, 0.29) is 17.3 Å². The number of ether oxygens (including phenoxy) is 1. The monoisotopic (exact) mass is 439 g/mol. The Balaban J connectivity index is 1.72. The molecule has 0 saturated carbocycles. The van der Waals surface area contributed by atoms with Crippen LogP contribution in [0.2, 0.25) is 0 Å². The first kappa shape index (κ1) is 20.5. The van der Waals surface area contributed by atoms with E-state index in [1.807, 2.05) is 55.5 Å². The maximum atomic E-state index is 13.2.